The molecule has 1 aromatic carbocycles. The van der Waals surface area contributed by atoms with Gasteiger partial charge < -0.3 is 23.7 Å². The van der Waals surface area contributed by atoms with Crippen LogP contribution in [0.2, 0.25) is 0 Å². The summed E-state index contributed by atoms with van der Waals surface area (Å²) in [4.78, 5) is 52.6. The van der Waals surface area contributed by atoms with Crippen molar-refractivity contribution < 1.29 is 47.3 Å². The Morgan fingerprint density at radius 2 is 1.12 bits per heavy atom. The van der Waals surface area contributed by atoms with Crippen molar-refractivity contribution in [3.63, 3.8) is 0 Å². The Morgan fingerprint density at radius 1 is 0.698 bits per heavy atom. The van der Waals surface area contributed by atoms with Gasteiger partial charge in [0.25, 0.3) is 0 Å². The summed E-state index contributed by atoms with van der Waals surface area (Å²) in [6, 6.07) is 4.24. The number of hydrogen-bond donors (Lipinski definition) is 0. The van der Waals surface area contributed by atoms with Gasteiger partial charge in [-0.05, 0) is 117 Å². The zero-order chi connectivity index (χ0) is 33.3. The minimum Gasteiger partial charge on any atom is -0.462 e. The van der Waals surface area contributed by atoms with Crippen molar-refractivity contribution in [1.29, 1.82) is 0 Å². The van der Waals surface area contributed by atoms with E-state index < -0.39 is 88.5 Å². The van der Waals surface area contributed by atoms with Gasteiger partial charge >= 0.3 is 23.9 Å². The molecule has 0 bridgehead atoms. The van der Waals surface area contributed by atoms with Crippen molar-refractivity contribution >= 4 is 39.8 Å². The molecule has 1 saturated heterocycles. The van der Waals surface area contributed by atoms with Crippen LogP contribution in [0.4, 0.5) is 4.39 Å². The van der Waals surface area contributed by atoms with Gasteiger partial charge in [0.1, 0.15) is 24.6 Å². The lowest BCUT2D eigenvalue weighted by atomic mass is 9.88. The van der Waals surface area contributed by atoms with Crippen LogP contribution < -0.4 is 0 Å². The highest BCUT2D eigenvalue weighted by Crippen LogP contribution is 2.40. The molecule has 1 fully saturated rings. The first kappa shape index (κ1) is 36.7. The molecule has 1 aliphatic rings. The maximum Gasteiger partial charge on any atom is 0.311 e. The van der Waals surface area contributed by atoms with Crippen LogP contribution in [0.3, 0.4) is 0 Å². The van der Waals surface area contributed by atoms with E-state index in [0.717, 1.165) is 0 Å². The standard InChI is InChI=1S/C32H46BrFO9/c1-29(2,3)25(35)39-16-20-22(41-26(36)30(4,5)6)24(43-28(38)32(10,11)12)23(42-27(37)31(7,8)9)21(40-20)17-13-14-18(33)19(34)15-17/h13-15,20-24H,16H2,1-12H3/t20-,21-,22-,23-,24+/m1/s1. The molecule has 0 aromatic heterocycles. The number of hydrogen-bond acceptors (Lipinski definition) is 9. The van der Waals surface area contributed by atoms with Crippen LogP contribution in [0.25, 0.3) is 0 Å². The van der Waals surface area contributed by atoms with Crippen LogP contribution >= 0.6 is 15.9 Å². The zero-order valence-electron chi connectivity index (χ0n) is 27.3. The van der Waals surface area contributed by atoms with E-state index in [0.29, 0.717) is 0 Å². The highest BCUT2D eigenvalue weighted by atomic mass is 79.9. The molecule has 1 heterocycles. The normalized spacial score (nSPS) is 23.3. The Balaban J connectivity index is 2.79. The second kappa shape index (κ2) is 13.2. The molecule has 43 heavy (non-hydrogen) atoms. The van der Waals surface area contributed by atoms with Crippen molar-refractivity contribution in [2.45, 2.75) is 114 Å². The zero-order valence-corrected chi connectivity index (χ0v) is 28.8. The lowest BCUT2D eigenvalue weighted by molar-refractivity contribution is -0.262. The van der Waals surface area contributed by atoms with Crippen LogP contribution in [-0.2, 0) is 42.9 Å². The van der Waals surface area contributed by atoms with E-state index in [1.54, 1.807) is 89.2 Å². The fraction of sp³-hybridized carbons (Fsp3) is 0.688. The van der Waals surface area contributed by atoms with E-state index in [1.807, 2.05) is 0 Å². The minimum absolute atomic E-state index is 0.193. The summed E-state index contributed by atoms with van der Waals surface area (Å²) in [5.41, 5.74) is -3.55. The van der Waals surface area contributed by atoms with Gasteiger partial charge in [0.2, 0.25) is 0 Å². The van der Waals surface area contributed by atoms with E-state index in [-0.39, 0.29) is 10.0 Å². The summed E-state index contributed by atoms with van der Waals surface area (Å²) >= 11 is 3.14. The minimum atomic E-state index is -1.41. The SMILES string of the molecule is CC(C)(C)C(=O)OC[C@H]1O[C@H](c2ccc(Br)c(F)c2)[C@@H](OC(=O)C(C)(C)C)[C@@H](OC(=O)C(C)(C)C)[C@@H]1OC(=O)C(C)(C)C. The molecule has 0 unspecified atom stereocenters. The molecule has 242 valence electrons. The monoisotopic (exact) mass is 672 g/mol. The van der Waals surface area contributed by atoms with Crippen LogP contribution in [0.1, 0.15) is 94.8 Å². The molecule has 0 N–H and O–H groups in total. The lowest BCUT2D eigenvalue weighted by Crippen LogP contribution is -2.61. The first-order valence-corrected chi connectivity index (χ1v) is 15.0. The molecule has 1 aliphatic heterocycles. The summed E-state index contributed by atoms with van der Waals surface area (Å²) in [6.45, 7) is 19.5. The van der Waals surface area contributed by atoms with E-state index >= 15 is 0 Å². The molecular weight excluding hydrogens is 627 g/mol. The number of rotatable bonds is 6. The van der Waals surface area contributed by atoms with Crippen molar-refractivity contribution in [3.8, 4) is 0 Å². The quantitative estimate of drug-likeness (QED) is 0.247. The highest BCUT2D eigenvalue weighted by Gasteiger charge is 2.55. The molecule has 0 saturated carbocycles. The molecule has 0 spiro atoms. The van der Waals surface area contributed by atoms with Gasteiger partial charge in [-0.15, -0.1) is 0 Å². The largest absolute Gasteiger partial charge is 0.462 e. The Hall–Kier alpha value is -2.53. The Morgan fingerprint density at radius 3 is 1.53 bits per heavy atom. The van der Waals surface area contributed by atoms with Gasteiger partial charge in [-0.1, -0.05) is 6.07 Å². The number of carbonyl (C=O) groups is 4. The molecule has 2 rings (SSSR count). The average Bonchev–Trinajstić information content (AvgIpc) is 2.84. The molecule has 5 atom stereocenters. The molecule has 11 heteroatoms. The summed E-state index contributed by atoms with van der Waals surface area (Å²) in [5, 5.41) is 0. The Bertz CT molecular complexity index is 1200. The summed E-state index contributed by atoms with van der Waals surface area (Å²) < 4.78 is 44.9. The summed E-state index contributed by atoms with van der Waals surface area (Å²) in [6.07, 6.45) is -6.52. The van der Waals surface area contributed by atoms with Gasteiger partial charge in [-0.25, -0.2) is 4.39 Å². The lowest BCUT2D eigenvalue weighted by Gasteiger charge is -2.46. The Kier molecular flexibility index (Phi) is 11.3. The molecule has 1 aromatic rings. The third-order valence-electron chi connectivity index (χ3n) is 6.46. The summed E-state index contributed by atoms with van der Waals surface area (Å²) in [7, 11) is 0. The average molecular weight is 674 g/mol. The fourth-order valence-electron chi connectivity index (χ4n) is 3.69. The first-order chi connectivity index (χ1) is 19.3. The van der Waals surface area contributed by atoms with Crippen molar-refractivity contribution in [2.24, 2.45) is 21.7 Å². The highest BCUT2D eigenvalue weighted by molar-refractivity contribution is 9.10. The van der Waals surface area contributed by atoms with Crippen LogP contribution in [0.15, 0.2) is 22.7 Å². The number of carbonyl (C=O) groups excluding carboxylic acids is 4. The maximum absolute atomic E-state index is 14.8. The number of esters is 4. The van der Waals surface area contributed by atoms with E-state index in [1.165, 1.54) is 12.1 Å². The van der Waals surface area contributed by atoms with E-state index in [4.69, 9.17) is 23.7 Å². The van der Waals surface area contributed by atoms with Gasteiger partial charge in [0.05, 0.1) is 26.1 Å². The second-order valence-corrected chi connectivity index (χ2v) is 15.8. The topological polar surface area (TPSA) is 114 Å². The maximum atomic E-state index is 14.8. The van der Waals surface area contributed by atoms with Crippen molar-refractivity contribution in [1.82, 2.24) is 0 Å². The third kappa shape index (κ3) is 9.73. The number of halogens is 2. The first-order valence-electron chi connectivity index (χ1n) is 14.2. The molecule has 0 amide bonds. The predicted octanol–water partition coefficient (Wildman–Crippen LogP) is 6.49. The predicted molar refractivity (Wildman–Crippen MR) is 160 cm³/mol. The van der Waals surface area contributed by atoms with Crippen LogP contribution in [0.5, 0.6) is 0 Å². The van der Waals surface area contributed by atoms with E-state index in [2.05, 4.69) is 15.9 Å². The van der Waals surface area contributed by atoms with Gasteiger partial charge in [0.15, 0.2) is 18.3 Å². The summed E-state index contributed by atoms with van der Waals surface area (Å²) in [5.74, 6) is -3.13. The molecule has 0 aliphatic carbocycles. The number of ether oxygens (including phenoxy) is 5. The fourth-order valence-corrected chi connectivity index (χ4v) is 3.93. The Labute approximate surface area is 262 Å². The van der Waals surface area contributed by atoms with Crippen LogP contribution in [0, 0.1) is 27.5 Å². The molecule has 9 nitrogen and oxygen atoms in total. The van der Waals surface area contributed by atoms with Crippen LogP contribution in [-0.4, -0.2) is 54.9 Å². The molecule has 0 radical (unpaired) electrons. The van der Waals surface area contributed by atoms with Crippen molar-refractivity contribution in [3.05, 3.63) is 34.1 Å². The third-order valence-corrected chi connectivity index (χ3v) is 7.11. The second-order valence-electron chi connectivity index (χ2n) is 15.0. The van der Waals surface area contributed by atoms with Gasteiger partial charge in [-0.2, -0.15) is 0 Å². The van der Waals surface area contributed by atoms with Gasteiger partial charge in [-0.3, -0.25) is 19.2 Å². The van der Waals surface area contributed by atoms with E-state index in [9.17, 15) is 23.6 Å². The van der Waals surface area contributed by atoms with Crippen molar-refractivity contribution in [2.75, 3.05) is 6.61 Å². The smallest absolute Gasteiger partial charge is 0.311 e. The molecular formula is C32H46BrFO9. The van der Waals surface area contributed by atoms with Gasteiger partial charge in [0, 0.05) is 0 Å². The number of benzene rings is 1.